The Labute approximate surface area is 223 Å². The number of hydrogen-bond donors (Lipinski definition) is 0. The Bertz CT molecular complexity index is 1550. The van der Waals surface area contributed by atoms with Gasteiger partial charge in [0.25, 0.3) is 0 Å². The number of benzene rings is 3. The van der Waals surface area contributed by atoms with E-state index in [4.69, 9.17) is 18.9 Å². The number of fused-ring (bicyclic) bond motifs is 4. The number of piperidine rings is 1. The summed E-state index contributed by atoms with van der Waals surface area (Å²) in [5, 5.41) is 4.44. The molecule has 2 aliphatic heterocycles. The van der Waals surface area contributed by atoms with Crippen molar-refractivity contribution in [3.8, 4) is 11.5 Å². The van der Waals surface area contributed by atoms with E-state index >= 15 is 0 Å². The summed E-state index contributed by atoms with van der Waals surface area (Å²) in [6.45, 7) is 4.61. The Morgan fingerprint density at radius 3 is 2.50 bits per heavy atom. The molecule has 3 aromatic carbocycles. The summed E-state index contributed by atoms with van der Waals surface area (Å²) < 4.78 is 24.1. The first-order chi connectivity index (χ1) is 18.7. The third-order valence-corrected chi connectivity index (χ3v) is 7.82. The van der Waals surface area contributed by atoms with E-state index in [0.717, 1.165) is 68.0 Å². The largest absolute Gasteiger partial charge is 0.497 e. The van der Waals surface area contributed by atoms with E-state index in [-0.39, 0.29) is 6.10 Å². The summed E-state index contributed by atoms with van der Waals surface area (Å²) >= 11 is 0. The number of ether oxygens (including phenoxy) is 4. The van der Waals surface area contributed by atoms with Crippen LogP contribution < -0.4 is 19.9 Å². The van der Waals surface area contributed by atoms with Gasteiger partial charge in [-0.15, -0.1) is 0 Å². The van der Waals surface area contributed by atoms with Crippen molar-refractivity contribution in [3.63, 3.8) is 0 Å². The molecule has 5 heteroatoms. The Balaban J connectivity index is 1.31. The number of likely N-dealkylation sites (tertiary alicyclic amines) is 1. The van der Waals surface area contributed by atoms with Gasteiger partial charge in [-0.2, -0.15) is 0 Å². The van der Waals surface area contributed by atoms with Gasteiger partial charge in [0.15, 0.2) is 0 Å². The van der Waals surface area contributed by atoms with Gasteiger partial charge in [-0.25, -0.2) is 0 Å². The van der Waals surface area contributed by atoms with Crippen molar-refractivity contribution >= 4 is 18.2 Å². The lowest BCUT2D eigenvalue weighted by Gasteiger charge is -2.26. The predicted octanol–water partition coefficient (Wildman–Crippen LogP) is 4.68. The van der Waals surface area contributed by atoms with Gasteiger partial charge in [0.1, 0.15) is 30.0 Å². The molecular weight excluding hydrogens is 474 g/mol. The lowest BCUT2D eigenvalue weighted by atomic mass is 9.96. The fraction of sp³-hybridized carbons (Fsp3) is 0.333. The van der Waals surface area contributed by atoms with Crippen molar-refractivity contribution < 1.29 is 18.9 Å². The van der Waals surface area contributed by atoms with E-state index in [1.54, 1.807) is 14.2 Å². The van der Waals surface area contributed by atoms with Gasteiger partial charge in [-0.1, -0.05) is 42.8 Å². The molecule has 0 saturated carbocycles. The third kappa shape index (κ3) is 4.96. The molecule has 38 heavy (non-hydrogen) atoms. The molecule has 0 bridgehead atoms. The molecule has 1 unspecified atom stereocenters. The molecule has 5 nitrogen and oxygen atoms in total. The highest BCUT2D eigenvalue weighted by Crippen LogP contribution is 2.30. The van der Waals surface area contributed by atoms with Crippen LogP contribution in [0.1, 0.15) is 42.1 Å². The first kappa shape index (κ1) is 24.8. The first-order valence-corrected chi connectivity index (χ1v) is 13.6. The second-order valence-corrected chi connectivity index (χ2v) is 10.1. The maximum absolute atomic E-state index is 6.40. The van der Waals surface area contributed by atoms with E-state index in [9.17, 15) is 0 Å². The Kier molecular flexibility index (Phi) is 7.21. The molecule has 0 N–H and O–H groups in total. The monoisotopic (exact) mass is 509 g/mol. The van der Waals surface area contributed by atoms with Crippen LogP contribution in [0.3, 0.4) is 0 Å². The summed E-state index contributed by atoms with van der Waals surface area (Å²) in [6.07, 6.45) is 10.2. The zero-order valence-electron chi connectivity index (χ0n) is 22.2. The number of hydrogen-bond acceptors (Lipinski definition) is 5. The second-order valence-electron chi connectivity index (χ2n) is 10.1. The van der Waals surface area contributed by atoms with Crippen LogP contribution in [0, 0.1) is 10.4 Å². The van der Waals surface area contributed by atoms with E-state index in [1.165, 1.54) is 32.4 Å². The van der Waals surface area contributed by atoms with Crippen molar-refractivity contribution in [1.82, 2.24) is 4.90 Å². The maximum Gasteiger partial charge on any atom is 0.127 e. The minimum Gasteiger partial charge on any atom is -0.497 e. The minimum atomic E-state index is -0.136. The van der Waals surface area contributed by atoms with Crippen molar-refractivity contribution in [2.45, 2.75) is 32.0 Å². The van der Waals surface area contributed by atoms with Gasteiger partial charge in [0, 0.05) is 11.8 Å². The standard InChI is InChI=1S/C33H35NO4/c1-35-27-18-24-8-4-5-9-28(24)33-29(21-27)30-22-38-31(19-25(30)20-32(33)36-2)23-10-12-26(13-11-23)37-17-16-34-14-6-3-7-15-34/h4-5,8-13,18-21,31H,3,6-7,14-17,22H2,1-2H3. The van der Waals surface area contributed by atoms with Gasteiger partial charge in [0.05, 0.1) is 20.8 Å². The number of methoxy groups -OCH3 is 2. The van der Waals surface area contributed by atoms with Crippen molar-refractivity contribution in [1.29, 1.82) is 0 Å². The smallest absolute Gasteiger partial charge is 0.127 e. The Hall–Kier alpha value is -3.54. The topological polar surface area (TPSA) is 40.2 Å². The quantitative estimate of drug-likeness (QED) is 0.463. The predicted molar refractivity (Wildman–Crippen MR) is 150 cm³/mol. The molecule has 3 aliphatic rings. The summed E-state index contributed by atoms with van der Waals surface area (Å²) in [6, 6.07) is 18.8. The molecule has 1 fully saturated rings. The highest BCUT2D eigenvalue weighted by atomic mass is 16.5. The first-order valence-electron chi connectivity index (χ1n) is 13.6. The minimum absolute atomic E-state index is 0.136. The number of nitrogens with zero attached hydrogens (tertiary/aromatic N) is 1. The molecule has 1 atom stereocenters. The Morgan fingerprint density at radius 2 is 1.71 bits per heavy atom. The van der Waals surface area contributed by atoms with Crippen molar-refractivity contribution in [2.24, 2.45) is 0 Å². The zero-order chi connectivity index (χ0) is 25.9. The fourth-order valence-electron chi connectivity index (χ4n) is 5.76. The number of allylic oxidation sites excluding steroid dienone is 1. The molecule has 1 saturated heterocycles. The van der Waals surface area contributed by atoms with E-state index in [0.29, 0.717) is 6.61 Å². The van der Waals surface area contributed by atoms with E-state index in [2.05, 4.69) is 71.7 Å². The van der Waals surface area contributed by atoms with Crippen LogP contribution in [0.25, 0.3) is 18.2 Å². The van der Waals surface area contributed by atoms with Crippen molar-refractivity contribution in [2.75, 3.05) is 40.5 Å². The SMILES string of the molecule is COC1=Cc2c3c(cc(OC)c2=c2ccccc2=C1)=CC(c1ccc(OCCN2CCCCC2)cc1)OC3. The highest BCUT2D eigenvalue weighted by Gasteiger charge is 2.21. The maximum atomic E-state index is 6.40. The van der Waals surface area contributed by atoms with Crippen LogP contribution in [-0.2, 0) is 16.1 Å². The molecule has 0 amide bonds. The van der Waals surface area contributed by atoms with Crippen LogP contribution in [0.15, 0.2) is 60.4 Å². The Morgan fingerprint density at radius 1 is 0.895 bits per heavy atom. The molecular formula is C33H35NO4. The highest BCUT2D eigenvalue weighted by molar-refractivity contribution is 5.69. The van der Waals surface area contributed by atoms with Gasteiger partial charge >= 0.3 is 0 Å². The summed E-state index contributed by atoms with van der Waals surface area (Å²) in [5.74, 6) is 2.56. The molecule has 0 radical (unpaired) electrons. The van der Waals surface area contributed by atoms with Gasteiger partial charge in [-0.05, 0) is 94.7 Å². The van der Waals surface area contributed by atoms with Crippen LogP contribution in [0.5, 0.6) is 11.5 Å². The van der Waals surface area contributed by atoms with Gasteiger partial charge in [-0.3, -0.25) is 4.90 Å². The molecule has 0 aromatic heterocycles. The molecule has 196 valence electrons. The molecule has 3 aromatic rings. The zero-order valence-corrected chi connectivity index (χ0v) is 22.2. The molecule has 2 heterocycles. The average Bonchev–Trinajstić information content (AvgIpc) is 3.14. The van der Waals surface area contributed by atoms with Gasteiger partial charge < -0.3 is 18.9 Å². The lowest BCUT2D eigenvalue weighted by molar-refractivity contribution is 0.0757. The lowest BCUT2D eigenvalue weighted by Crippen LogP contribution is -2.33. The van der Waals surface area contributed by atoms with Gasteiger partial charge in [0.2, 0.25) is 0 Å². The average molecular weight is 510 g/mol. The molecule has 0 spiro atoms. The van der Waals surface area contributed by atoms with Crippen LogP contribution in [0.2, 0.25) is 0 Å². The summed E-state index contributed by atoms with van der Waals surface area (Å²) in [5.41, 5.74) is 3.35. The normalized spacial score (nSPS) is 18.5. The van der Waals surface area contributed by atoms with Crippen LogP contribution in [-0.4, -0.2) is 45.4 Å². The summed E-state index contributed by atoms with van der Waals surface area (Å²) in [7, 11) is 3.45. The van der Waals surface area contributed by atoms with E-state index in [1.807, 2.05) is 6.07 Å². The molecule has 1 aliphatic carbocycles. The van der Waals surface area contributed by atoms with E-state index < -0.39 is 0 Å². The van der Waals surface area contributed by atoms with Crippen LogP contribution >= 0.6 is 0 Å². The van der Waals surface area contributed by atoms with Crippen LogP contribution in [0.4, 0.5) is 0 Å². The number of rotatable bonds is 7. The van der Waals surface area contributed by atoms with Crippen molar-refractivity contribution in [3.05, 3.63) is 97.9 Å². The third-order valence-electron chi connectivity index (χ3n) is 7.82. The molecule has 6 rings (SSSR count). The second kappa shape index (κ2) is 11.1. The fourth-order valence-corrected chi connectivity index (χ4v) is 5.76. The summed E-state index contributed by atoms with van der Waals surface area (Å²) in [4.78, 5) is 2.50.